The molecule has 0 spiro atoms. The van der Waals surface area contributed by atoms with Crippen LogP contribution in [0.4, 0.5) is 10.5 Å². The van der Waals surface area contributed by atoms with Gasteiger partial charge in [-0.3, -0.25) is 4.79 Å². The highest BCUT2D eigenvalue weighted by molar-refractivity contribution is 6.31. The standard InChI is InChI=1S/C21H21ClN2O4/c1-2-11-27-21(26)28-16-8-7-15(17(22)13-16)12-18(23)20(25)24-10-9-14-5-3-4-6-19(14)24/h2-8,13,18H,1,9-12,23H2/t18-/m1/s1. The van der Waals surface area contributed by atoms with E-state index >= 15 is 0 Å². The molecule has 0 aliphatic carbocycles. The van der Waals surface area contributed by atoms with Crippen molar-refractivity contribution in [3.05, 3.63) is 71.3 Å². The Labute approximate surface area is 168 Å². The van der Waals surface area contributed by atoms with E-state index in [2.05, 4.69) is 6.58 Å². The molecule has 0 unspecified atom stereocenters. The second-order valence-electron chi connectivity index (χ2n) is 6.38. The third kappa shape index (κ3) is 4.52. The lowest BCUT2D eigenvalue weighted by atomic mass is 10.0. The number of halogens is 1. The number of rotatable bonds is 6. The Kier molecular flexibility index (Phi) is 6.34. The Bertz CT molecular complexity index is 900. The van der Waals surface area contributed by atoms with Crippen molar-refractivity contribution in [2.75, 3.05) is 18.1 Å². The van der Waals surface area contributed by atoms with E-state index in [1.54, 1.807) is 17.0 Å². The van der Waals surface area contributed by atoms with E-state index < -0.39 is 12.2 Å². The number of hydrogen-bond acceptors (Lipinski definition) is 5. The average molecular weight is 401 g/mol. The van der Waals surface area contributed by atoms with E-state index in [-0.39, 0.29) is 24.7 Å². The van der Waals surface area contributed by atoms with Gasteiger partial charge in [0.15, 0.2) is 0 Å². The van der Waals surface area contributed by atoms with Crippen LogP contribution in [0.25, 0.3) is 0 Å². The minimum atomic E-state index is -0.844. The molecule has 28 heavy (non-hydrogen) atoms. The topological polar surface area (TPSA) is 81.9 Å². The van der Waals surface area contributed by atoms with Crippen molar-refractivity contribution < 1.29 is 19.1 Å². The summed E-state index contributed by atoms with van der Waals surface area (Å²) >= 11 is 6.28. The molecule has 1 aliphatic rings. The highest BCUT2D eigenvalue weighted by atomic mass is 35.5. The smallest absolute Gasteiger partial charge is 0.430 e. The van der Waals surface area contributed by atoms with Crippen molar-refractivity contribution in [1.29, 1.82) is 0 Å². The number of carbonyl (C=O) groups is 2. The van der Waals surface area contributed by atoms with Crippen molar-refractivity contribution in [2.24, 2.45) is 5.73 Å². The summed E-state index contributed by atoms with van der Waals surface area (Å²) in [7, 11) is 0. The average Bonchev–Trinajstić information content (AvgIpc) is 3.12. The van der Waals surface area contributed by atoms with E-state index in [9.17, 15) is 9.59 Å². The monoisotopic (exact) mass is 400 g/mol. The molecule has 3 rings (SSSR count). The fourth-order valence-corrected chi connectivity index (χ4v) is 3.35. The lowest BCUT2D eigenvalue weighted by Gasteiger charge is -2.22. The summed E-state index contributed by atoms with van der Waals surface area (Å²) in [5, 5.41) is 0.360. The van der Waals surface area contributed by atoms with Crippen LogP contribution in [-0.4, -0.2) is 31.3 Å². The van der Waals surface area contributed by atoms with Crippen LogP contribution in [0, 0.1) is 0 Å². The van der Waals surface area contributed by atoms with Gasteiger partial charge >= 0.3 is 6.16 Å². The number of carbonyl (C=O) groups excluding carboxylic acids is 2. The fraction of sp³-hybridized carbons (Fsp3) is 0.238. The van der Waals surface area contributed by atoms with Crippen LogP contribution >= 0.6 is 11.6 Å². The summed E-state index contributed by atoms with van der Waals surface area (Å²) in [6.07, 6.45) is 1.69. The quantitative estimate of drug-likeness (QED) is 0.456. The third-order valence-electron chi connectivity index (χ3n) is 4.45. The zero-order chi connectivity index (χ0) is 20.1. The van der Waals surface area contributed by atoms with E-state index in [1.807, 2.05) is 24.3 Å². The number of hydrogen-bond donors (Lipinski definition) is 1. The molecule has 7 heteroatoms. The highest BCUT2D eigenvalue weighted by Gasteiger charge is 2.28. The van der Waals surface area contributed by atoms with Gasteiger partial charge in [0, 0.05) is 17.3 Å². The maximum atomic E-state index is 12.8. The summed E-state index contributed by atoms with van der Waals surface area (Å²) in [5.74, 6) is 0.102. The summed E-state index contributed by atoms with van der Waals surface area (Å²) in [4.78, 5) is 26.0. The fourth-order valence-electron chi connectivity index (χ4n) is 3.10. The van der Waals surface area contributed by atoms with Gasteiger partial charge in [-0.1, -0.05) is 48.5 Å². The largest absolute Gasteiger partial charge is 0.514 e. The predicted molar refractivity (Wildman–Crippen MR) is 108 cm³/mol. The second-order valence-corrected chi connectivity index (χ2v) is 6.79. The number of nitrogens with two attached hydrogens (primary N) is 1. The first kappa shape index (κ1) is 19.9. The molecular formula is C21H21ClN2O4. The van der Waals surface area contributed by atoms with Crippen LogP contribution < -0.4 is 15.4 Å². The molecule has 1 aliphatic heterocycles. The van der Waals surface area contributed by atoms with Gasteiger partial charge in [0.25, 0.3) is 0 Å². The summed E-state index contributed by atoms with van der Waals surface area (Å²) in [5.41, 5.74) is 8.92. The summed E-state index contributed by atoms with van der Waals surface area (Å²) in [6, 6.07) is 11.8. The number of amides is 1. The first-order chi connectivity index (χ1) is 13.5. The number of ether oxygens (including phenoxy) is 2. The molecule has 1 amide bonds. The number of benzene rings is 2. The molecule has 2 aromatic carbocycles. The molecule has 0 saturated heterocycles. The van der Waals surface area contributed by atoms with Crippen molar-refractivity contribution in [1.82, 2.24) is 0 Å². The molecule has 1 heterocycles. The van der Waals surface area contributed by atoms with Crippen molar-refractivity contribution in [2.45, 2.75) is 18.9 Å². The zero-order valence-corrected chi connectivity index (χ0v) is 16.0. The lowest BCUT2D eigenvalue weighted by Crippen LogP contribution is -2.44. The molecule has 0 fully saturated rings. The normalized spacial score (nSPS) is 13.6. The van der Waals surface area contributed by atoms with Crippen molar-refractivity contribution >= 4 is 29.4 Å². The Balaban J connectivity index is 1.64. The molecule has 2 aromatic rings. The summed E-state index contributed by atoms with van der Waals surface area (Å²) < 4.78 is 9.78. The Hall–Kier alpha value is -2.83. The number of para-hydroxylation sites is 1. The van der Waals surface area contributed by atoms with Crippen molar-refractivity contribution in [3.63, 3.8) is 0 Å². The molecule has 146 valence electrons. The van der Waals surface area contributed by atoms with Crippen LogP contribution in [0.3, 0.4) is 0 Å². The molecule has 0 radical (unpaired) electrons. The minimum Gasteiger partial charge on any atom is -0.430 e. The van der Waals surface area contributed by atoms with Gasteiger partial charge in [-0.2, -0.15) is 0 Å². The summed E-state index contributed by atoms with van der Waals surface area (Å²) in [6.45, 7) is 4.13. The molecule has 6 nitrogen and oxygen atoms in total. The van der Waals surface area contributed by atoms with Crippen LogP contribution in [0.15, 0.2) is 55.1 Å². The van der Waals surface area contributed by atoms with Crippen molar-refractivity contribution in [3.8, 4) is 5.75 Å². The Morgan fingerprint density at radius 2 is 2.07 bits per heavy atom. The minimum absolute atomic E-state index is 0.0568. The molecule has 0 aromatic heterocycles. The van der Waals surface area contributed by atoms with E-state index in [0.717, 1.165) is 17.7 Å². The van der Waals surface area contributed by atoms with E-state index in [0.29, 0.717) is 17.1 Å². The lowest BCUT2D eigenvalue weighted by molar-refractivity contribution is -0.119. The first-order valence-corrected chi connectivity index (χ1v) is 9.26. The second kappa shape index (κ2) is 8.91. The molecule has 1 atom stereocenters. The van der Waals surface area contributed by atoms with Gasteiger partial charge in [-0.25, -0.2) is 4.79 Å². The van der Waals surface area contributed by atoms with Gasteiger partial charge < -0.3 is 20.1 Å². The van der Waals surface area contributed by atoms with Crippen LogP contribution in [0.5, 0.6) is 5.75 Å². The Morgan fingerprint density at radius 3 is 2.82 bits per heavy atom. The van der Waals surface area contributed by atoms with Crippen LogP contribution in [-0.2, 0) is 22.4 Å². The maximum absolute atomic E-state index is 12.8. The first-order valence-electron chi connectivity index (χ1n) is 8.88. The van der Waals surface area contributed by atoms with Gasteiger partial charge in [0.1, 0.15) is 12.4 Å². The van der Waals surface area contributed by atoms with Gasteiger partial charge in [-0.15, -0.1) is 0 Å². The third-order valence-corrected chi connectivity index (χ3v) is 4.81. The van der Waals surface area contributed by atoms with E-state index in [4.69, 9.17) is 26.8 Å². The predicted octanol–water partition coefficient (Wildman–Crippen LogP) is 3.50. The zero-order valence-electron chi connectivity index (χ0n) is 15.3. The number of anilines is 1. The molecule has 0 bridgehead atoms. The number of nitrogens with zero attached hydrogens (tertiary/aromatic N) is 1. The molecule has 0 saturated carbocycles. The molecular weight excluding hydrogens is 380 g/mol. The van der Waals surface area contributed by atoms with Crippen LogP contribution in [0.1, 0.15) is 11.1 Å². The number of fused-ring (bicyclic) bond motifs is 1. The SMILES string of the molecule is C=CCOC(=O)Oc1ccc(C[C@@H](N)C(=O)N2CCc3ccccc32)c(Cl)c1. The Morgan fingerprint density at radius 1 is 1.29 bits per heavy atom. The van der Waals surface area contributed by atoms with Gasteiger partial charge in [0.2, 0.25) is 5.91 Å². The highest BCUT2D eigenvalue weighted by Crippen LogP contribution is 2.29. The maximum Gasteiger partial charge on any atom is 0.514 e. The van der Waals surface area contributed by atoms with Gasteiger partial charge in [0.05, 0.1) is 6.04 Å². The molecule has 2 N–H and O–H groups in total. The van der Waals surface area contributed by atoms with Gasteiger partial charge in [-0.05, 0) is 42.2 Å². The van der Waals surface area contributed by atoms with E-state index in [1.165, 1.54) is 12.1 Å². The van der Waals surface area contributed by atoms with Crippen LogP contribution in [0.2, 0.25) is 5.02 Å².